The van der Waals surface area contributed by atoms with Crippen LogP contribution < -0.4 is 5.32 Å². The van der Waals surface area contributed by atoms with Crippen molar-refractivity contribution in [1.82, 2.24) is 5.32 Å². The molecule has 0 fully saturated rings. The smallest absolute Gasteiger partial charge is 0.341 e. The lowest BCUT2D eigenvalue weighted by molar-refractivity contribution is -0.137. The number of Topliss-reactive ketones (excluding diaryl/α,β-unsaturated/α-hetero) is 1. The molecule has 0 aliphatic heterocycles. The highest BCUT2D eigenvalue weighted by atomic mass is 19.4. The quantitative estimate of drug-likeness (QED) is 0.666. The average molecular weight is 339 g/mol. The number of rotatable bonds is 5. The number of nitrogens with one attached hydrogen (secondary N) is 1. The van der Waals surface area contributed by atoms with Gasteiger partial charge in [0.25, 0.3) is 5.91 Å². The molecule has 0 bridgehead atoms. The van der Waals surface area contributed by atoms with Crippen molar-refractivity contribution in [3.8, 4) is 0 Å². The molecule has 0 heterocycles. The molecule has 0 saturated heterocycles. The van der Waals surface area contributed by atoms with Crippen molar-refractivity contribution in [2.24, 2.45) is 0 Å². The van der Waals surface area contributed by atoms with Crippen molar-refractivity contribution in [1.29, 1.82) is 0 Å². The summed E-state index contributed by atoms with van der Waals surface area (Å²) in [7, 11) is 0. The van der Waals surface area contributed by atoms with E-state index in [1.165, 1.54) is 24.3 Å². The lowest BCUT2D eigenvalue weighted by Gasteiger charge is -2.19. The molecule has 0 aromatic heterocycles. The van der Waals surface area contributed by atoms with Crippen LogP contribution in [0.3, 0.4) is 0 Å². The van der Waals surface area contributed by atoms with Gasteiger partial charge in [-0.15, -0.1) is 0 Å². The van der Waals surface area contributed by atoms with E-state index in [1.807, 2.05) is 0 Å². The minimum Gasteiger partial charge on any atom is -0.341 e. The van der Waals surface area contributed by atoms with Gasteiger partial charge in [0.1, 0.15) is 11.9 Å². The van der Waals surface area contributed by atoms with Crippen molar-refractivity contribution >= 4 is 11.7 Å². The van der Waals surface area contributed by atoms with Gasteiger partial charge in [-0.25, -0.2) is 4.39 Å². The second-order valence-electron chi connectivity index (χ2n) is 5.08. The van der Waals surface area contributed by atoms with Crippen LogP contribution in [-0.2, 0) is 0 Å². The Bertz CT molecular complexity index is 712. The maximum Gasteiger partial charge on any atom is 0.391 e. The molecule has 24 heavy (non-hydrogen) atoms. The van der Waals surface area contributed by atoms with E-state index in [9.17, 15) is 27.2 Å². The highest BCUT2D eigenvalue weighted by Gasteiger charge is 2.36. The van der Waals surface area contributed by atoms with Gasteiger partial charge in [-0.05, 0) is 24.3 Å². The normalized spacial score (nSPS) is 12.5. The maximum atomic E-state index is 12.9. The summed E-state index contributed by atoms with van der Waals surface area (Å²) in [6.07, 6.45) is -6.13. The van der Waals surface area contributed by atoms with Crippen LogP contribution in [0.4, 0.5) is 17.6 Å². The molecule has 0 saturated carbocycles. The van der Waals surface area contributed by atoms with Crippen LogP contribution in [0.25, 0.3) is 0 Å². The van der Waals surface area contributed by atoms with E-state index >= 15 is 0 Å². The summed E-state index contributed by atoms with van der Waals surface area (Å²) in [5.41, 5.74) is 0.0237. The SMILES string of the molecule is O=C(NC(CC(F)(F)F)C(=O)c1ccccc1)c1ccc(F)cc1. The van der Waals surface area contributed by atoms with Crippen molar-refractivity contribution < 1.29 is 27.2 Å². The molecule has 2 aromatic rings. The van der Waals surface area contributed by atoms with Crippen LogP contribution in [-0.4, -0.2) is 23.9 Å². The first kappa shape index (κ1) is 17.7. The summed E-state index contributed by atoms with van der Waals surface area (Å²) < 4.78 is 51.1. The van der Waals surface area contributed by atoms with Crippen LogP contribution in [0.5, 0.6) is 0 Å². The zero-order valence-corrected chi connectivity index (χ0v) is 12.3. The Morgan fingerprint density at radius 3 is 2.04 bits per heavy atom. The molecule has 126 valence electrons. The van der Waals surface area contributed by atoms with Crippen molar-refractivity contribution in [2.75, 3.05) is 0 Å². The summed E-state index contributed by atoms with van der Waals surface area (Å²) in [4.78, 5) is 24.3. The number of ketones is 1. The number of carbonyl (C=O) groups excluding carboxylic acids is 2. The molecule has 0 spiro atoms. The average Bonchev–Trinajstić information content (AvgIpc) is 2.53. The van der Waals surface area contributed by atoms with Crippen molar-refractivity contribution in [3.63, 3.8) is 0 Å². The minimum atomic E-state index is -4.63. The summed E-state index contributed by atoms with van der Waals surface area (Å²) in [6.45, 7) is 0. The Kier molecular flexibility index (Phi) is 5.33. The molecule has 1 amide bonds. The topological polar surface area (TPSA) is 46.2 Å². The summed E-state index contributed by atoms with van der Waals surface area (Å²) in [5.74, 6) is -2.31. The molecular weight excluding hydrogens is 326 g/mol. The minimum absolute atomic E-state index is 0.0376. The predicted octanol–water partition coefficient (Wildman–Crippen LogP) is 3.76. The lowest BCUT2D eigenvalue weighted by atomic mass is 10.0. The Labute approximate surface area is 135 Å². The van der Waals surface area contributed by atoms with Gasteiger partial charge in [0.15, 0.2) is 5.78 Å². The number of halogens is 4. The van der Waals surface area contributed by atoms with E-state index in [-0.39, 0.29) is 11.1 Å². The first-order valence-corrected chi connectivity index (χ1v) is 6.99. The molecule has 1 unspecified atom stereocenters. The number of carbonyl (C=O) groups is 2. The molecule has 3 nitrogen and oxygen atoms in total. The van der Waals surface area contributed by atoms with Gasteiger partial charge in [-0.1, -0.05) is 30.3 Å². The third-order valence-electron chi connectivity index (χ3n) is 3.22. The van der Waals surface area contributed by atoms with E-state index < -0.39 is 36.1 Å². The number of hydrogen-bond donors (Lipinski definition) is 1. The number of alkyl halides is 3. The van der Waals surface area contributed by atoms with E-state index in [1.54, 1.807) is 6.07 Å². The Balaban J connectivity index is 2.21. The molecule has 0 aliphatic rings. The summed E-state index contributed by atoms with van der Waals surface area (Å²) in [6, 6.07) is 9.89. The zero-order valence-electron chi connectivity index (χ0n) is 12.3. The zero-order chi connectivity index (χ0) is 17.7. The number of benzene rings is 2. The monoisotopic (exact) mass is 339 g/mol. The van der Waals surface area contributed by atoms with Gasteiger partial charge in [0.05, 0.1) is 6.42 Å². The highest BCUT2D eigenvalue weighted by molar-refractivity contribution is 6.04. The second kappa shape index (κ2) is 7.25. The predicted molar refractivity (Wildman–Crippen MR) is 79.1 cm³/mol. The lowest BCUT2D eigenvalue weighted by Crippen LogP contribution is -2.43. The van der Waals surface area contributed by atoms with Crippen LogP contribution in [0, 0.1) is 5.82 Å². The Morgan fingerprint density at radius 2 is 1.50 bits per heavy atom. The van der Waals surface area contributed by atoms with Gasteiger partial charge in [0.2, 0.25) is 0 Å². The molecule has 0 radical (unpaired) electrons. The van der Waals surface area contributed by atoms with Gasteiger partial charge in [-0.3, -0.25) is 9.59 Å². The van der Waals surface area contributed by atoms with Gasteiger partial charge >= 0.3 is 6.18 Å². The number of amides is 1. The fourth-order valence-electron chi connectivity index (χ4n) is 2.09. The van der Waals surface area contributed by atoms with Crippen LogP contribution in [0.1, 0.15) is 27.1 Å². The van der Waals surface area contributed by atoms with Crippen molar-refractivity contribution in [3.05, 3.63) is 71.5 Å². The molecule has 2 rings (SSSR count). The first-order chi connectivity index (χ1) is 11.3. The standard InChI is InChI=1S/C17H13F4NO2/c18-13-8-6-12(7-9-13)16(24)22-14(10-17(19,20)21)15(23)11-4-2-1-3-5-11/h1-9,14H,10H2,(H,22,24). The highest BCUT2D eigenvalue weighted by Crippen LogP contribution is 2.23. The van der Waals surface area contributed by atoms with Crippen LogP contribution >= 0.6 is 0 Å². The van der Waals surface area contributed by atoms with E-state index in [2.05, 4.69) is 5.32 Å². The Hall–Kier alpha value is -2.70. The van der Waals surface area contributed by atoms with Gasteiger partial charge in [-0.2, -0.15) is 13.2 Å². The van der Waals surface area contributed by atoms with E-state index in [0.29, 0.717) is 0 Å². The summed E-state index contributed by atoms with van der Waals surface area (Å²) in [5, 5.41) is 2.08. The third kappa shape index (κ3) is 4.91. The molecular formula is C17H13F4NO2. The second-order valence-corrected chi connectivity index (χ2v) is 5.08. The third-order valence-corrected chi connectivity index (χ3v) is 3.22. The fourth-order valence-corrected chi connectivity index (χ4v) is 2.09. The molecule has 0 aliphatic carbocycles. The van der Waals surface area contributed by atoms with Crippen molar-refractivity contribution in [2.45, 2.75) is 18.6 Å². The maximum absolute atomic E-state index is 12.9. The Morgan fingerprint density at radius 1 is 0.917 bits per heavy atom. The van der Waals surface area contributed by atoms with Gasteiger partial charge < -0.3 is 5.32 Å². The molecule has 1 N–H and O–H groups in total. The van der Waals surface area contributed by atoms with E-state index in [0.717, 1.165) is 24.3 Å². The van der Waals surface area contributed by atoms with Crippen LogP contribution in [0.2, 0.25) is 0 Å². The molecule has 7 heteroatoms. The molecule has 2 aromatic carbocycles. The van der Waals surface area contributed by atoms with Gasteiger partial charge in [0, 0.05) is 11.1 Å². The first-order valence-electron chi connectivity index (χ1n) is 6.99. The summed E-state index contributed by atoms with van der Waals surface area (Å²) >= 11 is 0. The largest absolute Gasteiger partial charge is 0.391 e. The number of hydrogen-bond acceptors (Lipinski definition) is 2. The van der Waals surface area contributed by atoms with Crippen LogP contribution in [0.15, 0.2) is 54.6 Å². The fraction of sp³-hybridized carbons (Fsp3) is 0.176. The van der Waals surface area contributed by atoms with E-state index in [4.69, 9.17) is 0 Å². The molecule has 1 atom stereocenters.